The lowest BCUT2D eigenvalue weighted by atomic mass is 9.90. The highest BCUT2D eigenvalue weighted by molar-refractivity contribution is 5.68. The maximum Gasteiger partial charge on any atom is 0.0686 e. The number of hydrogen-bond acceptors (Lipinski definition) is 1. The van der Waals surface area contributed by atoms with Gasteiger partial charge < -0.3 is 0 Å². The fourth-order valence-electron chi connectivity index (χ4n) is 3.37. The Bertz CT molecular complexity index is 825. The zero-order valence-electron chi connectivity index (χ0n) is 15.1. The molecule has 0 saturated carbocycles. The first-order valence-electron chi connectivity index (χ1n) is 8.86. The minimum absolute atomic E-state index is 0.566. The molecule has 0 unspecified atom stereocenters. The Labute approximate surface area is 145 Å². The highest BCUT2D eigenvalue weighted by Crippen LogP contribution is 2.32. The van der Waals surface area contributed by atoms with Crippen molar-refractivity contribution in [3.8, 4) is 16.8 Å². The highest BCUT2D eigenvalue weighted by Gasteiger charge is 2.15. The van der Waals surface area contributed by atoms with Crippen molar-refractivity contribution in [1.29, 1.82) is 0 Å². The fraction of sp³-hybridized carbons (Fsp3) is 0.318. The van der Waals surface area contributed by atoms with E-state index >= 15 is 0 Å². The Kier molecular flexibility index (Phi) is 4.84. The molecule has 3 rings (SSSR count). The maximum atomic E-state index is 4.66. The van der Waals surface area contributed by atoms with Gasteiger partial charge in [-0.1, -0.05) is 55.8 Å². The van der Waals surface area contributed by atoms with Gasteiger partial charge in [0.25, 0.3) is 0 Å². The quantitative estimate of drug-likeness (QED) is 0.559. The van der Waals surface area contributed by atoms with Crippen LogP contribution in [0.2, 0.25) is 0 Å². The molecule has 0 bridgehead atoms. The first kappa shape index (κ1) is 16.5. The van der Waals surface area contributed by atoms with Crippen LogP contribution >= 0.6 is 0 Å². The second kappa shape index (κ2) is 7.04. The fourth-order valence-corrected chi connectivity index (χ4v) is 3.37. The molecule has 24 heavy (non-hydrogen) atoms. The van der Waals surface area contributed by atoms with E-state index in [1.165, 1.54) is 27.9 Å². The molecular formula is C22H26N2. The summed E-state index contributed by atoms with van der Waals surface area (Å²) in [5.74, 6) is 0.566. The predicted molar refractivity (Wildman–Crippen MR) is 102 cm³/mol. The van der Waals surface area contributed by atoms with Gasteiger partial charge in [0.2, 0.25) is 0 Å². The first-order valence-corrected chi connectivity index (χ1v) is 8.86. The van der Waals surface area contributed by atoms with Crippen LogP contribution in [0.5, 0.6) is 0 Å². The van der Waals surface area contributed by atoms with Gasteiger partial charge >= 0.3 is 0 Å². The van der Waals surface area contributed by atoms with Crippen molar-refractivity contribution in [2.75, 3.05) is 0 Å². The SMILES string of the molecule is CCC(CC)c1ccc(-c2cccc(C)c2)cc1-n1ccc(C)n1. The van der Waals surface area contributed by atoms with E-state index in [4.69, 9.17) is 0 Å². The van der Waals surface area contributed by atoms with Crippen LogP contribution in [-0.2, 0) is 0 Å². The van der Waals surface area contributed by atoms with E-state index in [0.717, 1.165) is 18.5 Å². The Balaban J connectivity index is 2.15. The molecule has 1 aromatic heterocycles. The number of benzene rings is 2. The van der Waals surface area contributed by atoms with E-state index < -0.39 is 0 Å². The van der Waals surface area contributed by atoms with Crippen LogP contribution in [0, 0.1) is 13.8 Å². The van der Waals surface area contributed by atoms with Crippen LogP contribution in [0.1, 0.15) is 49.4 Å². The predicted octanol–water partition coefficient (Wildman–Crippen LogP) is 6.06. The summed E-state index contributed by atoms with van der Waals surface area (Å²) in [5, 5.41) is 4.66. The molecule has 1 heterocycles. The summed E-state index contributed by atoms with van der Waals surface area (Å²) < 4.78 is 2.03. The van der Waals surface area contributed by atoms with Gasteiger partial charge in [-0.3, -0.25) is 0 Å². The molecule has 2 nitrogen and oxygen atoms in total. The van der Waals surface area contributed by atoms with Gasteiger partial charge in [-0.2, -0.15) is 5.10 Å². The third-order valence-electron chi connectivity index (χ3n) is 4.78. The van der Waals surface area contributed by atoms with E-state index in [2.05, 4.69) is 80.6 Å². The third kappa shape index (κ3) is 3.28. The van der Waals surface area contributed by atoms with Crippen molar-refractivity contribution in [3.63, 3.8) is 0 Å². The molecule has 0 spiro atoms. The van der Waals surface area contributed by atoms with E-state index in [1.807, 2.05) is 11.6 Å². The number of hydrogen-bond donors (Lipinski definition) is 0. The monoisotopic (exact) mass is 318 g/mol. The van der Waals surface area contributed by atoms with Gasteiger partial charge in [0, 0.05) is 6.20 Å². The Morgan fingerprint density at radius 1 is 0.917 bits per heavy atom. The van der Waals surface area contributed by atoms with Gasteiger partial charge in [0.15, 0.2) is 0 Å². The number of rotatable bonds is 5. The van der Waals surface area contributed by atoms with Crippen molar-refractivity contribution < 1.29 is 0 Å². The number of aryl methyl sites for hydroxylation is 2. The molecule has 0 N–H and O–H groups in total. The summed E-state index contributed by atoms with van der Waals surface area (Å²) in [7, 11) is 0. The maximum absolute atomic E-state index is 4.66. The van der Waals surface area contributed by atoms with Gasteiger partial charge in [0.05, 0.1) is 11.4 Å². The Hall–Kier alpha value is -2.35. The molecule has 0 aliphatic rings. The molecule has 0 aliphatic carbocycles. The molecule has 0 atom stereocenters. The molecule has 0 fully saturated rings. The van der Waals surface area contributed by atoms with Gasteiger partial charge in [-0.05, 0) is 61.4 Å². The molecule has 0 radical (unpaired) electrons. The van der Waals surface area contributed by atoms with Gasteiger partial charge in [-0.15, -0.1) is 0 Å². The normalized spacial score (nSPS) is 11.2. The zero-order chi connectivity index (χ0) is 17.1. The Morgan fingerprint density at radius 2 is 1.67 bits per heavy atom. The van der Waals surface area contributed by atoms with Crippen molar-refractivity contribution in [2.45, 2.75) is 46.5 Å². The van der Waals surface area contributed by atoms with E-state index in [1.54, 1.807) is 0 Å². The second-order valence-corrected chi connectivity index (χ2v) is 6.56. The van der Waals surface area contributed by atoms with E-state index in [9.17, 15) is 0 Å². The molecule has 0 saturated heterocycles. The third-order valence-corrected chi connectivity index (χ3v) is 4.78. The summed E-state index contributed by atoms with van der Waals surface area (Å²) in [6.07, 6.45) is 4.36. The van der Waals surface area contributed by atoms with Gasteiger partial charge in [-0.25, -0.2) is 4.68 Å². The van der Waals surface area contributed by atoms with Crippen LogP contribution < -0.4 is 0 Å². The highest BCUT2D eigenvalue weighted by atomic mass is 15.3. The topological polar surface area (TPSA) is 17.8 Å². The molecule has 0 amide bonds. The van der Waals surface area contributed by atoms with Gasteiger partial charge in [0.1, 0.15) is 0 Å². The zero-order valence-corrected chi connectivity index (χ0v) is 15.1. The second-order valence-electron chi connectivity index (χ2n) is 6.56. The molecule has 3 aromatic rings. The van der Waals surface area contributed by atoms with Crippen molar-refractivity contribution in [1.82, 2.24) is 9.78 Å². The summed E-state index contributed by atoms with van der Waals surface area (Å²) in [4.78, 5) is 0. The van der Waals surface area contributed by atoms with Crippen LogP contribution in [0.3, 0.4) is 0 Å². The molecule has 0 aliphatic heterocycles. The van der Waals surface area contributed by atoms with E-state index in [0.29, 0.717) is 5.92 Å². The average molecular weight is 318 g/mol. The van der Waals surface area contributed by atoms with E-state index in [-0.39, 0.29) is 0 Å². The van der Waals surface area contributed by atoms with Crippen LogP contribution in [-0.4, -0.2) is 9.78 Å². The van der Waals surface area contributed by atoms with Crippen LogP contribution in [0.15, 0.2) is 54.7 Å². The number of nitrogens with zero attached hydrogens (tertiary/aromatic N) is 2. The molecule has 2 heteroatoms. The molecule has 124 valence electrons. The smallest absolute Gasteiger partial charge is 0.0686 e. The summed E-state index contributed by atoms with van der Waals surface area (Å²) in [5.41, 5.74) is 7.43. The summed E-state index contributed by atoms with van der Waals surface area (Å²) >= 11 is 0. The van der Waals surface area contributed by atoms with Crippen molar-refractivity contribution in [2.24, 2.45) is 0 Å². The molecule has 2 aromatic carbocycles. The first-order chi connectivity index (χ1) is 11.6. The molecular weight excluding hydrogens is 292 g/mol. The standard InChI is InChI=1S/C22H26N2/c1-5-18(6-2)21-11-10-20(19-9-7-8-16(3)14-19)15-22(21)24-13-12-17(4)23-24/h7-15,18H,5-6H2,1-4H3. The minimum atomic E-state index is 0.566. The Morgan fingerprint density at radius 3 is 2.29 bits per heavy atom. The largest absolute Gasteiger partial charge is 0.240 e. The van der Waals surface area contributed by atoms with Crippen molar-refractivity contribution >= 4 is 0 Å². The van der Waals surface area contributed by atoms with Crippen LogP contribution in [0.25, 0.3) is 16.8 Å². The lowest BCUT2D eigenvalue weighted by Crippen LogP contribution is -2.05. The summed E-state index contributed by atoms with van der Waals surface area (Å²) in [6.45, 7) is 8.71. The minimum Gasteiger partial charge on any atom is -0.240 e. The summed E-state index contributed by atoms with van der Waals surface area (Å²) in [6, 6.07) is 17.6. The number of aromatic nitrogens is 2. The average Bonchev–Trinajstić information content (AvgIpc) is 3.02. The lowest BCUT2D eigenvalue weighted by molar-refractivity contribution is 0.634. The van der Waals surface area contributed by atoms with Crippen molar-refractivity contribution in [3.05, 3.63) is 71.5 Å². The lowest BCUT2D eigenvalue weighted by Gasteiger charge is -2.19. The van der Waals surface area contributed by atoms with Crippen LogP contribution in [0.4, 0.5) is 0 Å².